The van der Waals surface area contributed by atoms with Gasteiger partial charge in [-0.25, -0.2) is 4.98 Å². The number of anilines is 1. The second kappa shape index (κ2) is 6.70. The van der Waals surface area contributed by atoms with E-state index in [-0.39, 0.29) is 5.91 Å². The van der Waals surface area contributed by atoms with Crippen molar-refractivity contribution in [3.8, 4) is 0 Å². The quantitative estimate of drug-likeness (QED) is 0.881. The van der Waals surface area contributed by atoms with Crippen LogP contribution in [0.5, 0.6) is 0 Å². The molecule has 5 nitrogen and oxygen atoms in total. The van der Waals surface area contributed by atoms with E-state index in [9.17, 15) is 9.59 Å². The Kier molecular flexibility index (Phi) is 4.92. The number of carboxylic acid groups (broad SMARTS) is 1. The van der Waals surface area contributed by atoms with Crippen LogP contribution in [-0.4, -0.2) is 22.0 Å². The highest BCUT2D eigenvalue weighted by atomic mass is 32.1. The van der Waals surface area contributed by atoms with Gasteiger partial charge in [0.25, 0.3) is 5.91 Å². The third-order valence-electron chi connectivity index (χ3n) is 3.28. The summed E-state index contributed by atoms with van der Waals surface area (Å²) < 4.78 is 0. The average molecular weight is 318 g/mol. The Morgan fingerprint density at radius 1 is 1.18 bits per heavy atom. The molecule has 0 saturated carbocycles. The van der Waals surface area contributed by atoms with Crippen LogP contribution in [0.1, 0.15) is 52.8 Å². The molecule has 1 heterocycles. The van der Waals surface area contributed by atoms with Crippen LogP contribution in [0, 0.1) is 0 Å². The number of aromatic nitrogens is 1. The van der Waals surface area contributed by atoms with E-state index in [4.69, 9.17) is 5.11 Å². The molecule has 2 N–H and O–H groups in total. The van der Waals surface area contributed by atoms with Gasteiger partial charge in [0.2, 0.25) is 0 Å². The molecule has 0 saturated heterocycles. The Bertz CT molecular complexity index is 677. The Balaban J connectivity index is 2.06. The molecule has 0 aliphatic carbocycles. The van der Waals surface area contributed by atoms with Crippen molar-refractivity contribution in [1.29, 1.82) is 0 Å². The minimum atomic E-state index is -0.873. The van der Waals surface area contributed by atoms with Gasteiger partial charge in [-0.3, -0.25) is 9.59 Å². The molecule has 6 heteroatoms. The molecule has 1 unspecified atom stereocenters. The first-order valence-electron chi connectivity index (χ1n) is 6.98. The van der Waals surface area contributed by atoms with Gasteiger partial charge in [-0.05, 0) is 24.6 Å². The van der Waals surface area contributed by atoms with Gasteiger partial charge in [0.1, 0.15) is 4.88 Å². The molecule has 116 valence electrons. The first-order valence-corrected chi connectivity index (χ1v) is 7.80. The molecule has 0 bridgehead atoms. The topological polar surface area (TPSA) is 79.3 Å². The third kappa shape index (κ3) is 3.71. The first kappa shape index (κ1) is 16.2. The number of nitrogens with one attached hydrogen (secondary N) is 1. The summed E-state index contributed by atoms with van der Waals surface area (Å²) in [4.78, 5) is 27.9. The molecular formula is C16H18N2O3S. The number of benzene rings is 1. The number of hydrogen-bond donors (Lipinski definition) is 2. The van der Waals surface area contributed by atoms with Gasteiger partial charge in [0.15, 0.2) is 0 Å². The van der Waals surface area contributed by atoms with Crippen LogP contribution in [0.2, 0.25) is 0 Å². The minimum Gasteiger partial charge on any atom is -0.481 e. The van der Waals surface area contributed by atoms with Gasteiger partial charge in [0, 0.05) is 11.6 Å². The molecule has 1 aromatic heterocycles. The average Bonchev–Trinajstić information content (AvgIpc) is 2.97. The van der Waals surface area contributed by atoms with E-state index in [2.05, 4.69) is 10.3 Å². The summed E-state index contributed by atoms with van der Waals surface area (Å²) in [5, 5.41) is 12.7. The van der Waals surface area contributed by atoms with Crippen molar-refractivity contribution in [2.24, 2.45) is 0 Å². The Labute approximate surface area is 133 Å². The second-order valence-corrected chi connectivity index (χ2v) is 6.42. The van der Waals surface area contributed by atoms with Crippen LogP contribution < -0.4 is 5.32 Å². The summed E-state index contributed by atoms with van der Waals surface area (Å²) in [7, 11) is 0. The lowest BCUT2D eigenvalue weighted by Gasteiger charge is -2.08. The van der Waals surface area contributed by atoms with E-state index in [0.717, 1.165) is 5.01 Å². The van der Waals surface area contributed by atoms with Crippen molar-refractivity contribution in [2.45, 2.75) is 32.6 Å². The van der Waals surface area contributed by atoms with E-state index < -0.39 is 11.9 Å². The van der Waals surface area contributed by atoms with Crippen LogP contribution in [0.15, 0.2) is 30.5 Å². The largest absolute Gasteiger partial charge is 0.481 e. The summed E-state index contributed by atoms with van der Waals surface area (Å²) >= 11 is 1.38. The number of thiazole rings is 1. The van der Waals surface area contributed by atoms with E-state index in [1.807, 2.05) is 13.8 Å². The van der Waals surface area contributed by atoms with Crippen molar-refractivity contribution in [1.82, 2.24) is 4.98 Å². The van der Waals surface area contributed by atoms with Crippen molar-refractivity contribution >= 4 is 28.9 Å². The van der Waals surface area contributed by atoms with E-state index in [1.165, 1.54) is 11.3 Å². The SMILES string of the molecule is CC(C)c1ncc(C(=O)Nc2ccc(C(C)C(=O)O)cc2)s1. The molecule has 0 aliphatic heterocycles. The second-order valence-electron chi connectivity index (χ2n) is 5.35. The lowest BCUT2D eigenvalue weighted by molar-refractivity contribution is -0.138. The van der Waals surface area contributed by atoms with Crippen LogP contribution >= 0.6 is 11.3 Å². The minimum absolute atomic E-state index is 0.205. The molecule has 1 aromatic carbocycles. The van der Waals surface area contributed by atoms with Gasteiger partial charge in [-0.15, -0.1) is 11.3 Å². The fraction of sp³-hybridized carbons (Fsp3) is 0.312. The first-order chi connectivity index (χ1) is 10.4. The summed E-state index contributed by atoms with van der Waals surface area (Å²) in [6.07, 6.45) is 1.58. The van der Waals surface area contributed by atoms with E-state index in [0.29, 0.717) is 22.0 Å². The highest BCUT2D eigenvalue weighted by Crippen LogP contribution is 2.23. The van der Waals surface area contributed by atoms with Gasteiger partial charge in [-0.1, -0.05) is 26.0 Å². The molecule has 22 heavy (non-hydrogen) atoms. The van der Waals surface area contributed by atoms with E-state index >= 15 is 0 Å². The predicted molar refractivity (Wildman–Crippen MR) is 86.6 cm³/mol. The van der Waals surface area contributed by atoms with Crippen LogP contribution in [0.25, 0.3) is 0 Å². The molecule has 0 fully saturated rings. The zero-order valence-electron chi connectivity index (χ0n) is 12.7. The van der Waals surface area contributed by atoms with Crippen molar-refractivity contribution in [3.63, 3.8) is 0 Å². The summed E-state index contributed by atoms with van der Waals surface area (Å²) in [6, 6.07) is 6.83. The summed E-state index contributed by atoms with van der Waals surface area (Å²) in [6.45, 7) is 5.69. The number of carbonyl (C=O) groups is 2. The molecule has 2 aromatic rings. The zero-order chi connectivity index (χ0) is 16.3. The van der Waals surface area contributed by atoms with Crippen LogP contribution in [0.4, 0.5) is 5.69 Å². The Hall–Kier alpha value is -2.21. The molecule has 2 rings (SSSR count). The fourth-order valence-corrected chi connectivity index (χ4v) is 2.67. The number of nitrogens with zero attached hydrogens (tertiary/aromatic N) is 1. The number of aliphatic carboxylic acids is 1. The van der Waals surface area contributed by atoms with Crippen molar-refractivity contribution in [3.05, 3.63) is 45.9 Å². The maximum absolute atomic E-state index is 12.1. The summed E-state index contributed by atoms with van der Waals surface area (Å²) in [5.41, 5.74) is 1.33. The normalized spacial score (nSPS) is 12.2. The lowest BCUT2D eigenvalue weighted by Crippen LogP contribution is -2.11. The van der Waals surface area contributed by atoms with Crippen LogP contribution in [0.3, 0.4) is 0 Å². The van der Waals surface area contributed by atoms with Crippen molar-refractivity contribution < 1.29 is 14.7 Å². The molecule has 0 spiro atoms. The lowest BCUT2D eigenvalue weighted by atomic mass is 10.0. The number of carboxylic acids is 1. The number of rotatable bonds is 5. The summed E-state index contributed by atoms with van der Waals surface area (Å²) in [5.74, 6) is -1.35. The van der Waals surface area contributed by atoms with Gasteiger partial charge < -0.3 is 10.4 Å². The zero-order valence-corrected chi connectivity index (χ0v) is 13.5. The molecule has 1 atom stereocenters. The van der Waals surface area contributed by atoms with Crippen LogP contribution in [-0.2, 0) is 4.79 Å². The highest BCUT2D eigenvalue weighted by Gasteiger charge is 2.15. The van der Waals surface area contributed by atoms with E-state index in [1.54, 1.807) is 37.4 Å². The van der Waals surface area contributed by atoms with Gasteiger partial charge >= 0.3 is 5.97 Å². The third-order valence-corrected chi connectivity index (χ3v) is 4.58. The standard InChI is InChI=1S/C16H18N2O3S/c1-9(2)15-17-8-13(22-15)14(19)18-12-6-4-11(5-7-12)10(3)16(20)21/h4-10H,1-3H3,(H,18,19)(H,20,21). The Morgan fingerprint density at radius 2 is 1.82 bits per heavy atom. The molecule has 0 aliphatic rings. The van der Waals surface area contributed by atoms with Gasteiger partial charge in [0.05, 0.1) is 17.1 Å². The number of carbonyl (C=O) groups excluding carboxylic acids is 1. The number of hydrogen-bond acceptors (Lipinski definition) is 4. The maximum Gasteiger partial charge on any atom is 0.310 e. The predicted octanol–water partition coefficient (Wildman–Crippen LogP) is 3.71. The highest BCUT2D eigenvalue weighted by molar-refractivity contribution is 7.13. The van der Waals surface area contributed by atoms with Gasteiger partial charge in [-0.2, -0.15) is 0 Å². The Morgan fingerprint density at radius 3 is 2.32 bits per heavy atom. The van der Waals surface area contributed by atoms with Crippen molar-refractivity contribution in [2.75, 3.05) is 5.32 Å². The molecule has 0 radical (unpaired) electrons. The fourth-order valence-electron chi connectivity index (χ4n) is 1.85. The monoisotopic (exact) mass is 318 g/mol. The molecular weight excluding hydrogens is 300 g/mol. The maximum atomic E-state index is 12.1. The number of amides is 1. The smallest absolute Gasteiger partial charge is 0.310 e. The molecule has 1 amide bonds.